The Balaban J connectivity index is 1.99. The molecule has 0 spiro atoms. The van der Waals surface area contributed by atoms with Gasteiger partial charge in [0.1, 0.15) is 29.0 Å². The molecule has 0 bridgehead atoms. The van der Waals surface area contributed by atoms with Crippen molar-refractivity contribution >= 4 is 11.9 Å². The molecule has 8 heteroatoms. The zero-order chi connectivity index (χ0) is 22.5. The molecule has 166 valence electrons. The van der Waals surface area contributed by atoms with E-state index in [9.17, 15) is 9.59 Å². The van der Waals surface area contributed by atoms with Crippen LogP contribution in [0.5, 0.6) is 23.0 Å². The van der Waals surface area contributed by atoms with Gasteiger partial charge in [-0.2, -0.15) is 0 Å². The van der Waals surface area contributed by atoms with E-state index in [-0.39, 0.29) is 25.3 Å². The van der Waals surface area contributed by atoms with E-state index >= 15 is 0 Å². The number of amides is 1. The lowest BCUT2D eigenvalue weighted by molar-refractivity contribution is -0.153. The molecule has 31 heavy (non-hydrogen) atoms. The molecule has 0 saturated heterocycles. The molecule has 2 aromatic rings. The van der Waals surface area contributed by atoms with Crippen LogP contribution >= 0.6 is 0 Å². The van der Waals surface area contributed by atoms with Crippen LogP contribution in [0.2, 0.25) is 0 Å². The molecule has 1 heterocycles. The highest BCUT2D eigenvalue weighted by molar-refractivity contribution is 5.87. The Morgan fingerprint density at radius 2 is 1.48 bits per heavy atom. The number of methoxy groups -OCH3 is 5. The maximum Gasteiger partial charge on any atom is 0.328 e. The third-order valence-corrected chi connectivity index (χ3v) is 5.51. The molecule has 8 nitrogen and oxygen atoms in total. The molecule has 0 N–H and O–H groups in total. The summed E-state index contributed by atoms with van der Waals surface area (Å²) in [7, 11) is 7.56. The maximum absolute atomic E-state index is 13.4. The Labute approximate surface area is 181 Å². The number of esters is 1. The summed E-state index contributed by atoms with van der Waals surface area (Å²) >= 11 is 0. The highest BCUT2D eigenvalue weighted by atomic mass is 16.5. The topological polar surface area (TPSA) is 83.5 Å². The highest BCUT2D eigenvalue weighted by Crippen LogP contribution is 2.37. The second-order valence-electron chi connectivity index (χ2n) is 7.05. The van der Waals surface area contributed by atoms with E-state index in [0.29, 0.717) is 28.6 Å². The first-order chi connectivity index (χ1) is 15.0. The van der Waals surface area contributed by atoms with Crippen molar-refractivity contribution < 1.29 is 33.3 Å². The molecule has 1 atom stereocenters. The third kappa shape index (κ3) is 4.38. The van der Waals surface area contributed by atoms with Gasteiger partial charge in [0.05, 0.1) is 48.5 Å². The van der Waals surface area contributed by atoms with Crippen molar-refractivity contribution in [1.82, 2.24) is 4.90 Å². The van der Waals surface area contributed by atoms with Gasteiger partial charge in [-0.1, -0.05) is 0 Å². The van der Waals surface area contributed by atoms with Crippen molar-refractivity contribution in [2.45, 2.75) is 25.4 Å². The van der Waals surface area contributed by atoms with Crippen LogP contribution in [0.1, 0.15) is 16.7 Å². The Hall–Kier alpha value is -3.42. The molecule has 2 aromatic carbocycles. The molecular weight excluding hydrogens is 402 g/mol. The van der Waals surface area contributed by atoms with Crippen molar-refractivity contribution in [2.24, 2.45) is 0 Å². The molecule has 0 radical (unpaired) electrons. The van der Waals surface area contributed by atoms with Crippen LogP contribution < -0.4 is 18.9 Å². The minimum atomic E-state index is -0.775. The van der Waals surface area contributed by atoms with E-state index < -0.39 is 12.0 Å². The summed E-state index contributed by atoms with van der Waals surface area (Å²) in [5, 5.41) is 0. The molecule has 0 aliphatic carbocycles. The smallest absolute Gasteiger partial charge is 0.328 e. The fraction of sp³-hybridized carbons (Fsp3) is 0.391. The molecule has 0 aromatic heterocycles. The quantitative estimate of drug-likeness (QED) is 0.625. The number of hydrogen-bond donors (Lipinski definition) is 0. The van der Waals surface area contributed by atoms with Gasteiger partial charge in [0.2, 0.25) is 5.91 Å². The number of nitrogens with zero attached hydrogens (tertiary/aromatic N) is 1. The van der Waals surface area contributed by atoms with Crippen molar-refractivity contribution in [2.75, 3.05) is 35.5 Å². The summed E-state index contributed by atoms with van der Waals surface area (Å²) in [6, 6.07) is 8.08. The minimum Gasteiger partial charge on any atom is -0.497 e. The predicted molar refractivity (Wildman–Crippen MR) is 113 cm³/mol. The highest BCUT2D eigenvalue weighted by Gasteiger charge is 2.38. The fourth-order valence-corrected chi connectivity index (χ4v) is 3.91. The van der Waals surface area contributed by atoms with Gasteiger partial charge in [0.25, 0.3) is 0 Å². The van der Waals surface area contributed by atoms with Crippen LogP contribution in [0.4, 0.5) is 0 Å². The van der Waals surface area contributed by atoms with E-state index in [2.05, 4.69) is 0 Å². The van der Waals surface area contributed by atoms with Crippen LogP contribution in [0, 0.1) is 0 Å². The number of carbonyl (C=O) groups excluding carboxylic acids is 2. The van der Waals surface area contributed by atoms with Gasteiger partial charge in [-0.3, -0.25) is 4.79 Å². The van der Waals surface area contributed by atoms with Gasteiger partial charge in [-0.05, 0) is 30.3 Å². The van der Waals surface area contributed by atoms with E-state index in [0.717, 1.165) is 11.1 Å². The van der Waals surface area contributed by atoms with Gasteiger partial charge in [-0.25, -0.2) is 4.79 Å². The van der Waals surface area contributed by atoms with Crippen molar-refractivity contribution in [1.29, 1.82) is 0 Å². The van der Waals surface area contributed by atoms with Crippen molar-refractivity contribution in [3.63, 3.8) is 0 Å². The minimum absolute atomic E-state index is 0.0372. The largest absolute Gasteiger partial charge is 0.497 e. The molecule has 1 aliphatic heterocycles. The van der Waals surface area contributed by atoms with E-state index in [1.807, 2.05) is 0 Å². The lowest BCUT2D eigenvalue weighted by atomic mass is 9.91. The van der Waals surface area contributed by atoms with Gasteiger partial charge in [-0.15, -0.1) is 0 Å². The Morgan fingerprint density at radius 1 is 0.871 bits per heavy atom. The standard InChI is InChI=1S/C23H27NO7/c1-27-15-6-7-19(28-2)14(10-15)11-22(25)24-13-17-16(12-18(24)23(26)31-5)20(29-3)8-9-21(17)30-4/h6-10,18H,11-13H2,1-5H3. The molecule has 3 rings (SSSR count). The molecule has 0 saturated carbocycles. The molecule has 0 fully saturated rings. The summed E-state index contributed by atoms with van der Waals surface area (Å²) in [5.74, 6) is 1.74. The normalized spacial score (nSPS) is 15.0. The van der Waals surface area contributed by atoms with Gasteiger partial charge in [0.15, 0.2) is 0 Å². The second kappa shape index (κ2) is 9.59. The van der Waals surface area contributed by atoms with Crippen LogP contribution in [0.3, 0.4) is 0 Å². The van der Waals surface area contributed by atoms with Crippen LogP contribution in [0.15, 0.2) is 30.3 Å². The van der Waals surface area contributed by atoms with E-state index in [1.165, 1.54) is 12.0 Å². The number of carbonyl (C=O) groups is 2. The van der Waals surface area contributed by atoms with Crippen LogP contribution in [-0.4, -0.2) is 58.4 Å². The second-order valence-corrected chi connectivity index (χ2v) is 7.05. The molecular formula is C23H27NO7. The number of rotatable bonds is 7. The van der Waals surface area contributed by atoms with Crippen LogP contribution in [0.25, 0.3) is 0 Å². The van der Waals surface area contributed by atoms with Gasteiger partial charge < -0.3 is 28.6 Å². The Morgan fingerprint density at radius 3 is 2.06 bits per heavy atom. The summed E-state index contributed by atoms with van der Waals surface area (Å²) in [4.78, 5) is 27.5. The van der Waals surface area contributed by atoms with Crippen LogP contribution in [-0.2, 0) is 33.7 Å². The Bertz CT molecular complexity index is 973. The summed E-state index contributed by atoms with van der Waals surface area (Å²) in [6.07, 6.45) is 0.304. The number of ether oxygens (including phenoxy) is 5. The lowest BCUT2D eigenvalue weighted by Crippen LogP contribution is -2.49. The predicted octanol–water partition coefficient (Wildman–Crippen LogP) is 2.39. The first-order valence-corrected chi connectivity index (χ1v) is 9.78. The number of benzene rings is 2. The average molecular weight is 429 g/mol. The molecule has 1 aliphatic rings. The SMILES string of the molecule is COC(=O)C1Cc2c(OC)ccc(OC)c2CN1C(=O)Cc1cc(OC)ccc1OC. The summed E-state index contributed by atoms with van der Waals surface area (Å²) in [5.41, 5.74) is 2.31. The zero-order valence-electron chi connectivity index (χ0n) is 18.4. The van der Waals surface area contributed by atoms with E-state index in [1.54, 1.807) is 58.8 Å². The fourth-order valence-electron chi connectivity index (χ4n) is 3.91. The third-order valence-electron chi connectivity index (χ3n) is 5.51. The van der Waals surface area contributed by atoms with Crippen molar-refractivity contribution in [3.05, 3.63) is 47.0 Å². The summed E-state index contributed by atoms with van der Waals surface area (Å²) in [6.45, 7) is 0.195. The number of fused-ring (bicyclic) bond motifs is 1. The maximum atomic E-state index is 13.4. The number of hydrogen-bond acceptors (Lipinski definition) is 7. The molecule has 1 unspecified atom stereocenters. The van der Waals surface area contributed by atoms with Crippen molar-refractivity contribution in [3.8, 4) is 23.0 Å². The monoisotopic (exact) mass is 429 g/mol. The van der Waals surface area contributed by atoms with E-state index in [4.69, 9.17) is 23.7 Å². The average Bonchev–Trinajstić information content (AvgIpc) is 2.81. The van der Waals surface area contributed by atoms with Gasteiger partial charge in [0, 0.05) is 23.1 Å². The summed E-state index contributed by atoms with van der Waals surface area (Å²) < 4.78 is 26.7. The first kappa shape index (κ1) is 22.3. The lowest BCUT2D eigenvalue weighted by Gasteiger charge is -2.36. The Kier molecular flexibility index (Phi) is 6.89. The molecule has 1 amide bonds. The first-order valence-electron chi connectivity index (χ1n) is 9.78. The zero-order valence-corrected chi connectivity index (χ0v) is 18.4. The van der Waals surface area contributed by atoms with Gasteiger partial charge >= 0.3 is 5.97 Å².